The summed E-state index contributed by atoms with van der Waals surface area (Å²) in [6, 6.07) is 8.21. The second-order valence-electron chi connectivity index (χ2n) is 7.21. The zero-order chi connectivity index (χ0) is 18.0. The van der Waals surface area contributed by atoms with E-state index in [2.05, 4.69) is 36.4 Å². The third-order valence-electron chi connectivity index (χ3n) is 4.72. The minimum atomic E-state index is -0.390. The Bertz CT molecular complexity index is 724. The van der Waals surface area contributed by atoms with Gasteiger partial charge in [-0.3, -0.25) is 0 Å². The fourth-order valence-electron chi connectivity index (χ4n) is 3.60. The Balaban J connectivity index is 1.80. The first-order valence-corrected chi connectivity index (χ1v) is 9.19. The molecule has 2 N–H and O–H groups in total. The fraction of sp³-hybridized carbons (Fsp3) is 0.550. The molecular formula is C20H29N3O2. The summed E-state index contributed by atoms with van der Waals surface area (Å²) < 4.78 is 7.87. The van der Waals surface area contributed by atoms with Crippen LogP contribution in [0.25, 0.3) is 0 Å². The highest BCUT2D eigenvalue weighted by atomic mass is 16.5. The lowest BCUT2D eigenvalue weighted by Gasteiger charge is -2.18. The summed E-state index contributed by atoms with van der Waals surface area (Å²) in [5.41, 5.74) is 4.49. The van der Waals surface area contributed by atoms with Gasteiger partial charge >= 0.3 is 0 Å². The summed E-state index contributed by atoms with van der Waals surface area (Å²) in [5, 5.41) is 18.6. The van der Waals surface area contributed by atoms with Gasteiger partial charge in [0.15, 0.2) is 0 Å². The minimum absolute atomic E-state index is 0.0430. The summed E-state index contributed by atoms with van der Waals surface area (Å²) in [4.78, 5) is 0. The van der Waals surface area contributed by atoms with Gasteiger partial charge in [-0.25, -0.2) is 4.68 Å². The molecule has 1 heterocycles. The third-order valence-corrected chi connectivity index (χ3v) is 4.72. The molecule has 1 aromatic carbocycles. The molecule has 3 rings (SSSR count). The van der Waals surface area contributed by atoms with Crippen LogP contribution in [0.1, 0.15) is 49.2 Å². The number of nitrogens with zero attached hydrogens (tertiary/aromatic N) is 2. The van der Waals surface area contributed by atoms with Crippen LogP contribution in [0.4, 0.5) is 0 Å². The van der Waals surface area contributed by atoms with Gasteiger partial charge in [-0.1, -0.05) is 38.1 Å². The van der Waals surface area contributed by atoms with Crippen molar-refractivity contribution in [3.05, 3.63) is 46.6 Å². The summed E-state index contributed by atoms with van der Waals surface area (Å²) in [6.45, 7) is 10.5. The number of aliphatic hydroxyl groups excluding tert-OH is 1. The number of aromatic nitrogens is 2. The molecule has 136 valence electrons. The molecule has 0 radical (unpaired) electrons. The zero-order valence-electron chi connectivity index (χ0n) is 15.6. The lowest BCUT2D eigenvalue weighted by molar-refractivity contribution is 0.140. The number of nitrogens with one attached hydrogen (secondary N) is 1. The van der Waals surface area contributed by atoms with Gasteiger partial charge in [0.25, 0.3) is 0 Å². The molecule has 1 aromatic heterocycles. The maximum absolute atomic E-state index is 10.4. The molecule has 2 atom stereocenters. The fourth-order valence-corrected chi connectivity index (χ4v) is 3.60. The van der Waals surface area contributed by atoms with Crippen LogP contribution in [0.15, 0.2) is 24.3 Å². The molecule has 0 saturated carbocycles. The molecular weight excluding hydrogens is 314 g/mol. The highest BCUT2D eigenvalue weighted by molar-refractivity contribution is 5.37. The summed E-state index contributed by atoms with van der Waals surface area (Å²) in [7, 11) is 0. The molecule has 0 unspecified atom stereocenters. The van der Waals surface area contributed by atoms with Crippen LogP contribution in [0.5, 0.6) is 5.88 Å². The van der Waals surface area contributed by atoms with Crippen molar-refractivity contribution in [1.29, 1.82) is 0 Å². The molecule has 2 aromatic rings. The maximum Gasteiger partial charge on any atom is 0.216 e. The van der Waals surface area contributed by atoms with Crippen LogP contribution in [0.3, 0.4) is 0 Å². The number of hydrogen-bond donors (Lipinski definition) is 2. The number of rotatable bonds is 7. The van der Waals surface area contributed by atoms with Crippen LogP contribution in [0.2, 0.25) is 0 Å². The van der Waals surface area contributed by atoms with Gasteiger partial charge in [0.2, 0.25) is 5.88 Å². The maximum atomic E-state index is 10.4. The van der Waals surface area contributed by atoms with Crippen molar-refractivity contribution in [3.63, 3.8) is 0 Å². The van der Waals surface area contributed by atoms with Crippen molar-refractivity contribution in [3.8, 4) is 5.88 Å². The van der Waals surface area contributed by atoms with Crippen molar-refractivity contribution >= 4 is 0 Å². The third kappa shape index (κ3) is 3.72. The monoisotopic (exact) mass is 343 g/mol. The van der Waals surface area contributed by atoms with Gasteiger partial charge in [-0.05, 0) is 30.9 Å². The van der Waals surface area contributed by atoms with E-state index in [1.165, 1.54) is 11.1 Å². The second kappa shape index (κ2) is 7.58. The van der Waals surface area contributed by atoms with E-state index >= 15 is 0 Å². The molecule has 5 nitrogen and oxygen atoms in total. The van der Waals surface area contributed by atoms with Crippen molar-refractivity contribution in [2.24, 2.45) is 5.92 Å². The van der Waals surface area contributed by atoms with Crippen LogP contribution < -0.4 is 10.1 Å². The zero-order valence-corrected chi connectivity index (χ0v) is 15.6. The molecule has 0 aliphatic heterocycles. The van der Waals surface area contributed by atoms with E-state index in [1.807, 2.05) is 30.7 Å². The van der Waals surface area contributed by atoms with E-state index in [0.29, 0.717) is 25.5 Å². The van der Waals surface area contributed by atoms with Gasteiger partial charge in [0.1, 0.15) is 0 Å². The predicted molar refractivity (Wildman–Crippen MR) is 98.7 cm³/mol. The van der Waals surface area contributed by atoms with E-state index in [9.17, 15) is 5.11 Å². The average Bonchev–Trinajstić information content (AvgIpc) is 3.02. The number of aliphatic hydroxyl groups is 1. The van der Waals surface area contributed by atoms with Gasteiger partial charge in [-0.2, -0.15) is 5.10 Å². The van der Waals surface area contributed by atoms with Gasteiger partial charge in [0.05, 0.1) is 30.0 Å². The largest absolute Gasteiger partial charge is 0.478 e. The Morgan fingerprint density at radius 2 is 2.12 bits per heavy atom. The standard InChI is InChI=1S/C20H29N3O2/c1-5-25-20-17(14(4)22-23(20)12-13(2)3)11-21-19-16-9-7-6-8-15(16)10-18(19)24/h6-9,13,18-19,21,24H,5,10-12H2,1-4H3/t18-,19+/m1/s1. The predicted octanol–water partition coefficient (Wildman–Crippen LogP) is 2.99. The minimum Gasteiger partial charge on any atom is -0.478 e. The van der Waals surface area contributed by atoms with Crippen LogP contribution >= 0.6 is 0 Å². The van der Waals surface area contributed by atoms with Crippen molar-refractivity contribution in [2.45, 2.75) is 59.4 Å². The second-order valence-corrected chi connectivity index (χ2v) is 7.21. The SMILES string of the molecule is CCOc1c(CN[C@H]2c3ccccc3C[C@H]2O)c(C)nn1CC(C)C. The number of ether oxygens (including phenoxy) is 1. The molecule has 0 amide bonds. The van der Waals surface area contributed by atoms with Gasteiger partial charge in [-0.15, -0.1) is 0 Å². The van der Waals surface area contributed by atoms with E-state index in [0.717, 1.165) is 23.7 Å². The van der Waals surface area contributed by atoms with Gasteiger partial charge in [0, 0.05) is 19.5 Å². The van der Waals surface area contributed by atoms with E-state index < -0.39 is 0 Å². The van der Waals surface area contributed by atoms with E-state index in [-0.39, 0.29) is 12.1 Å². The van der Waals surface area contributed by atoms with Crippen molar-refractivity contribution < 1.29 is 9.84 Å². The topological polar surface area (TPSA) is 59.3 Å². The lowest BCUT2D eigenvalue weighted by atomic mass is 10.1. The molecule has 0 bridgehead atoms. The molecule has 0 saturated heterocycles. The lowest BCUT2D eigenvalue weighted by Crippen LogP contribution is -2.28. The molecule has 0 spiro atoms. The first-order chi connectivity index (χ1) is 12.0. The number of benzene rings is 1. The normalized spacial score (nSPS) is 19.4. The smallest absolute Gasteiger partial charge is 0.216 e. The first-order valence-electron chi connectivity index (χ1n) is 9.19. The van der Waals surface area contributed by atoms with Gasteiger partial charge < -0.3 is 15.2 Å². The molecule has 25 heavy (non-hydrogen) atoms. The first kappa shape index (κ1) is 18.0. The van der Waals surface area contributed by atoms with Crippen LogP contribution in [0, 0.1) is 12.8 Å². The molecule has 0 fully saturated rings. The van der Waals surface area contributed by atoms with Crippen molar-refractivity contribution in [1.82, 2.24) is 15.1 Å². The quantitative estimate of drug-likeness (QED) is 0.811. The van der Waals surface area contributed by atoms with E-state index in [4.69, 9.17) is 4.74 Å². The van der Waals surface area contributed by atoms with Crippen molar-refractivity contribution in [2.75, 3.05) is 6.61 Å². The Kier molecular flexibility index (Phi) is 5.45. The Morgan fingerprint density at radius 1 is 1.36 bits per heavy atom. The highest BCUT2D eigenvalue weighted by Gasteiger charge is 2.31. The highest BCUT2D eigenvalue weighted by Crippen LogP contribution is 2.32. The Hall–Kier alpha value is -1.85. The summed E-state index contributed by atoms with van der Waals surface area (Å²) >= 11 is 0. The average molecular weight is 343 g/mol. The summed E-state index contributed by atoms with van der Waals surface area (Å²) in [5.74, 6) is 1.35. The molecule has 1 aliphatic rings. The number of hydrogen-bond acceptors (Lipinski definition) is 4. The Morgan fingerprint density at radius 3 is 2.84 bits per heavy atom. The molecule has 5 heteroatoms. The summed E-state index contributed by atoms with van der Waals surface area (Å²) in [6.07, 6.45) is 0.316. The molecule has 1 aliphatic carbocycles. The van der Waals surface area contributed by atoms with Crippen LogP contribution in [-0.2, 0) is 19.5 Å². The Labute approximate surface area is 150 Å². The number of aryl methyl sites for hydroxylation is 1. The van der Waals surface area contributed by atoms with E-state index in [1.54, 1.807) is 0 Å². The van der Waals surface area contributed by atoms with Crippen LogP contribution in [-0.4, -0.2) is 27.6 Å². The number of fused-ring (bicyclic) bond motifs is 1.